The molecule has 2 amide bonds. The minimum Gasteiger partial charge on any atom is -0.337 e. The molecule has 1 unspecified atom stereocenters. The van der Waals surface area contributed by atoms with E-state index in [-0.39, 0.29) is 24.4 Å². The zero-order valence-corrected chi connectivity index (χ0v) is 23.2. The number of piperidine rings is 1. The van der Waals surface area contributed by atoms with Crippen LogP contribution in [0.3, 0.4) is 0 Å². The quantitative estimate of drug-likeness (QED) is 0.214. The van der Waals surface area contributed by atoms with E-state index in [1.54, 1.807) is 21.9 Å². The Hall–Kier alpha value is -4.49. The smallest absolute Gasteiger partial charge is 0.254 e. The summed E-state index contributed by atoms with van der Waals surface area (Å²) in [5, 5.41) is 6.83. The molecule has 0 aliphatic carbocycles. The van der Waals surface area contributed by atoms with Gasteiger partial charge in [0.05, 0.1) is 0 Å². The highest BCUT2D eigenvalue weighted by Gasteiger charge is 2.34. The lowest BCUT2D eigenvalue weighted by Crippen LogP contribution is -2.45. The van der Waals surface area contributed by atoms with Crippen LogP contribution in [-0.4, -0.2) is 44.8 Å². The number of carbonyl (C=O) groups is 2. The summed E-state index contributed by atoms with van der Waals surface area (Å²) in [6.45, 7) is 0.818. The first-order valence-corrected chi connectivity index (χ1v) is 14.1. The number of hydrogen-bond acceptors (Lipinski definition) is 5. The van der Waals surface area contributed by atoms with Gasteiger partial charge < -0.3 is 14.3 Å². The third kappa shape index (κ3) is 6.00. The van der Waals surface area contributed by atoms with Crippen molar-refractivity contribution in [1.82, 2.24) is 19.9 Å². The molecule has 7 nitrogen and oxygen atoms in total. The van der Waals surface area contributed by atoms with Crippen LogP contribution in [0.1, 0.15) is 47.1 Å². The monoisotopic (exact) mass is 564 g/mol. The molecule has 1 saturated heterocycles. The Bertz CT molecular complexity index is 1670. The molecule has 6 rings (SSSR count). The first-order chi connectivity index (χ1) is 20.0. The molecule has 2 heterocycles. The second-order valence-corrected chi connectivity index (χ2v) is 10.7. The maximum absolute atomic E-state index is 13.9. The molecule has 41 heavy (non-hydrogen) atoms. The van der Waals surface area contributed by atoms with E-state index in [4.69, 9.17) is 16.1 Å². The maximum Gasteiger partial charge on any atom is 0.254 e. The van der Waals surface area contributed by atoms with E-state index in [9.17, 15) is 9.59 Å². The highest BCUT2D eigenvalue weighted by molar-refractivity contribution is 6.30. The van der Waals surface area contributed by atoms with Gasteiger partial charge in [0.2, 0.25) is 17.6 Å². The van der Waals surface area contributed by atoms with Gasteiger partial charge in [-0.1, -0.05) is 77.4 Å². The molecule has 4 aromatic carbocycles. The lowest BCUT2D eigenvalue weighted by Gasteiger charge is -2.35. The van der Waals surface area contributed by atoms with Crippen LogP contribution < -0.4 is 0 Å². The standard InChI is InChI=1S/C33H29ClN4O3/c34-28-17-15-25(16-18-28)31-35-32(41-36-31)29-12-6-7-19-38(29)30(39)22-37(21-23-8-2-1-3-9-23)33(40)27-14-13-24-10-4-5-11-26(24)20-27/h1-5,8-11,13-18,20,29H,6-7,12,19,21-22H2. The maximum atomic E-state index is 13.9. The van der Waals surface area contributed by atoms with Crippen LogP contribution in [0.15, 0.2) is 102 Å². The molecule has 1 atom stereocenters. The van der Waals surface area contributed by atoms with Gasteiger partial charge in [-0.15, -0.1) is 0 Å². The Morgan fingerprint density at radius 3 is 2.46 bits per heavy atom. The summed E-state index contributed by atoms with van der Waals surface area (Å²) >= 11 is 6.02. The summed E-state index contributed by atoms with van der Waals surface area (Å²) in [6.07, 6.45) is 2.53. The summed E-state index contributed by atoms with van der Waals surface area (Å²) in [4.78, 5) is 35.8. The average Bonchev–Trinajstić information content (AvgIpc) is 3.51. The normalized spacial score (nSPS) is 15.1. The van der Waals surface area contributed by atoms with Crippen LogP contribution in [0.25, 0.3) is 22.2 Å². The topological polar surface area (TPSA) is 79.5 Å². The van der Waals surface area contributed by atoms with Crippen LogP contribution in [0.4, 0.5) is 0 Å². The van der Waals surface area contributed by atoms with Crippen LogP contribution in [0.2, 0.25) is 5.02 Å². The van der Waals surface area contributed by atoms with Crippen molar-refractivity contribution in [2.45, 2.75) is 31.8 Å². The number of amides is 2. The number of benzene rings is 4. The molecule has 0 radical (unpaired) electrons. The predicted octanol–water partition coefficient (Wildman–Crippen LogP) is 6.94. The lowest BCUT2D eigenvalue weighted by molar-refractivity contribution is -0.136. The van der Waals surface area contributed by atoms with E-state index >= 15 is 0 Å². The average molecular weight is 565 g/mol. The van der Waals surface area contributed by atoms with Crippen molar-refractivity contribution in [3.63, 3.8) is 0 Å². The van der Waals surface area contributed by atoms with Gasteiger partial charge in [-0.2, -0.15) is 4.98 Å². The van der Waals surface area contributed by atoms with E-state index in [0.717, 1.165) is 34.7 Å². The summed E-state index contributed by atoms with van der Waals surface area (Å²) in [5.74, 6) is 0.514. The van der Waals surface area contributed by atoms with E-state index in [0.29, 0.717) is 41.8 Å². The largest absolute Gasteiger partial charge is 0.337 e. The fraction of sp³-hybridized carbons (Fsp3) is 0.212. The lowest BCUT2D eigenvalue weighted by atomic mass is 10.0. The molecular formula is C33H29ClN4O3. The van der Waals surface area contributed by atoms with E-state index in [1.807, 2.05) is 84.9 Å². The van der Waals surface area contributed by atoms with Gasteiger partial charge in [0.15, 0.2) is 0 Å². The molecule has 0 bridgehead atoms. The summed E-state index contributed by atoms with van der Waals surface area (Å²) in [5.41, 5.74) is 2.29. The fourth-order valence-corrected chi connectivity index (χ4v) is 5.46. The van der Waals surface area contributed by atoms with Gasteiger partial charge in [0.1, 0.15) is 12.6 Å². The zero-order chi connectivity index (χ0) is 28.2. The van der Waals surface area contributed by atoms with E-state index < -0.39 is 0 Å². The third-order valence-corrected chi connectivity index (χ3v) is 7.73. The highest BCUT2D eigenvalue weighted by Crippen LogP contribution is 2.32. The van der Waals surface area contributed by atoms with Crippen molar-refractivity contribution in [3.05, 3.63) is 119 Å². The molecule has 5 aromatic rings. The molecule has 1 aliphatic rings. The fourth-order valence-electron chi connectivity index (χ4n) is 5.34. The van der Waals surface area contributed by atoms with Gasteiger partial charge in [0.25, 0.3) is 5.91 Å². The van der Waals surface area contributed by atoms with E-state index in [2.05, 4.69) is 10.1 Å². The predicted molar refractivity (Wildman–Crippen MR) is 158 cm³/mol. The van der Waals surface area contributed by atoms with Gasteiger partial charge in [-0.3, -0.25) is 9.59 Å². The van der Waals surface area contributed by atoms with Gasteiger partial charge in [0, 0.05) is 29.2 Å². The second-order valence-electron chi connectivity index (χ2n) is 10.3. The zero-order valence-electron chi connectivity index (χ0n) is 22.4. The van der Waals surface area contributed by atoms with Crippen molar-refractivity contribution in [2.75, 3.05) is 13.1 Å². The number of likely N-dealkylation sites (tertiary alicyclic amines) is 1. The van der Waals surface area contributed by atoms with Gasteiger partial charge in [-0.05, 0) is 72.0 Å². The van der Waals surface area contributed by atoms with E-state index in [1.165, 1.54) is 0 Å². The summed E-state index contributed by atoms with van der Waals surface area (Å²) in [7, 11) is 0. The number of carbonyl (C=O) groups excluding carboxylic acids is 2. The SMILES string of the molecule is O=C(c1ccc2ccccc2c1)N(CC(=O)N1CCCCC1c1nc(-c2ccc(Cl)cc2)no1)Cc1ccccc1. The second kappa shape index (κ2) is 11.9. The molecule has 0 saturated carbocycles. The Balaban J connectivity index is 1.25. The Morgan fingerprint density at radius 2 is 1.66 bits per heavy atom. The van der Waals surface area contributed by atoms with Crippen LogP contribution in [0, 0.1) is 0 Å². The molecule has 1 aliphatic heterocycles. The molecule has 1 aromatic heterocycles. The number of aromatic nitrogens is 2. The molecule has 206 valence electrons. The Labute approximate surface area is 243 Å². The summed E-state index contributed by atoms with van der Waals surface area (Å²) < 4.78 is 5.66. The van der Waals surface area contributed by atoms with Crippen LogP contribution >= 0.6 is 11.6 Å². The van der Waals surface area contributed by atoms with Crippen LogP contribution in [0.5, 0.6) is 0 Å². The minimum atomic E-state index is -0.348. The number of nitrogens with zero attached hydrogens (tertiary/aromatic N) is 4. The number of fused-ring (bicyclic) bond motifs is 1. The molecular weight excluding hydrogens is 536 g/mol. The first kappa shape index (κ1) is 26.7. The molecule has 0 N–H and O–H groups in total. The minimum absolute atomic E-state index is 0.0603. The van der Waals surface area contributed by atoms with Crippen molar-refractivity contribution in [2.24, 2.45) is 0 Å². The number of rotatable bonds is 7. The molecule has 8 heteroatoms. The third-order valence-electron chi connectivity index (χ3n) is 7.48. The Morgan fingerprint density at radius 1 is 0.902 bits per heavy atom. The van der Waals surface area contributed by atoms with Gasteiger partial charge in [-0.25, -0.2) is 0 Å². The highest BCUT2D eigenvalue weighted by atomic mass is 35.5. The van der Waals surface area contributed by atoms with Crippen molar-refractivity contribution >= 4 is 34.2 Å². The van der Waals surface area contributed by atoms with Crippen molar-refractivity contribution < 1.29 is 14.1 Å². The molecule has 0 spiro atoms. The number of halogens is 1. The summed E-state index contributed by atoms with van der Waals surface area (Å²) in [6, 6.07) is 30.2. The first-order valence-electron chi connectivity index (χ1n) is 13.8. The van der Waals surface area contributed by atoms with Gasteiger partial charge >= 0.3 is 0 Å². The number of hydrogen-bond donors (Lipinski definition) is 0. The van der Waals surface area contributed by atoms with Crippen molar-refractivity contribution in [1.29, 1.82) is 0 Å². The van der Waals surface area contributed by atoms with Crippen molar-refractivity contribution in [3.8, 4) is 11.4 Å². The van der Waals surface area contributed by atoms with Crippen LogP contribution in [-0.2, 0) is 11.3 Å². The molecule has 1 fully saturated rings. The Kier molecular flexibility index (Phi) is 7.78.